The maximum atomic E-state index is 12.5. The van der Waals surface area contributed by atoms with Gasteiger partial charge in [-0.2, -0.15) is 0 Å². The molecular weight excluding hydrogens is 360 g/mol. The topological polar surface area (TPSA) is 84.9 Å². The predicted molar refractivity (Wildman–Crippen MR) is 104 cm³/mol. The number of carbonyl (C=O) groups is 3. The van der Waals surface area contributed by atoms with E-state index in [1.807, 2.05) is 13.8 Å². The molecule has 0 aromatic heterocycles. The number of likely N-dealkylation sites (tertiary alicyclic amines) is 1. The lowest BCUT2D eigenvalue weighted by molar-refractivity contribution is -0.140. The van der Waals surface area contributed by atoms with Gasteiger partial charge in [0.15, 0.2) is 11.5 Å². The number of amides is 3. The number of ether oxygens (including phenoxy) is 2. The first kappa shape index (κ1) is 20.2. The highest BCUT2D eigenvalue weighted by Gasteiger charge is 2.47. The molecule has 0 spiro atoms. The molecule has 3 amide bonds. The lowest BCUT2D eigenvalue weighted by atomic mass is 9.81. The number of hydrogen-bond donors (Lipinski definition) is 1. The van der Waals surface area contributed by atoms with E-state index in [1.54, 1.807) is 18.2 Å². The van der Waals surface area contributed by atoms with Crippen molar-refractivity contribution in [1.29, 1.82) is 0 Å². The van der Waals surface area contributed by atoms with Gasteiger partial charge in [-0.15, -0.1) is 0 Å². The molecule has 1 saturated heterocycles. The second-order valence-corrected chi connectivity index (χ2v) is 7.15. The Bertz CT molecular complexity index is 724. The second kappa shape index (κ2) is 9.08. The summed E-state index contributed by atoms with van der Waals surface area (Å²) in [6.07, 6.45) is 3.63. The number of nitrogens with one attached hydrogen (secondary N) is 1. The first-order chi connectivity index (χ1) is 13.5. The van der Waals surface area contributed by atoms with E-state index >= 15 is 0 Å². The summed E-state index contributed by atoms with van der Waals surface area (Å²) < 4.78 is 11.1. The molecule has 1 aliphatic heterocycles. The average Bonchev–Trinajstić information content (AvgIpc) is 2.93. The summed E-state index contributed by atoms with van der Waals surface area (Å²) >= 11 is 0. The SMILES string of the molecule is CCOc1ccc(NC(=O)CCN2C(=O)C3CCCCC3C2=O)cc1OCC. The minimum atomic E-state index is -0.248. The highest BCUT2D eigenvalue weighted by atomic mass is 16.5. The number of carbonyl (C=O) groups excluding carboxylic acids is 3. The molecule has 1 heterocycles. The molecule has 1 aliphatic carbocycles. The van der Waals surface area contributed by atoms with Crippen molar-refractivity contribution in [3.8, 4) is 11.5 Å². The fourth-order valence-electron chi connectivity index (χ4n) is 4.02. The molecule has 0 radical (unpaired) electrons. The Morgan fingerprint density at radius 1 is 1.04 bits per heavy atom. The van der Waals surface area contributed by atoms with Crippen molar-refractivity contribution in [3.63, 3.8) is 0 Å². The highest BCUT2D eigenvalue weighted by molar-refractivity contribution is 6.05. The Balaban J connectivity index is 1.58. The lowest BCUT2D eigenvalue weighted by Gasteiger charge is -2.19. The van der Waals surface area contributed by atoms with Crippen molar-refractivity contribution in [1.82, 2.24) is 4.90 Å². The summed E-state index contributed by atoms with van der Waals surface area (Å²) in [7, 11) is 0. The van der Waals surface area contributed by atoms with Crippen LogP contribution in [0.4, 0.5) is 5.69 Å². The number of hydrogen-bond acceptors (Lipinski definition) is 5. The zero-order valence-electron chi connectivity index (χ0n) is 16.5. The second-order valence-electron chi connectivity index (χ2n) is 7.15. The van der Waals surface area contributed by atoms with Gasteiger partial charge in [0.2, 0.25) is 17.7 Å². The van der Waals surface area contributed by atoms with Gasteiger partial charge in [-0.25, -0.2) is 0 Å². The molecule has 1 saturated carbocycles. The van der Waals surface area contributed by atoms with E-state index < -0.39 is 0 Å². The predicted octanol–water partition coefficient (Wildman–Crippen LogP) is 2.99. The number of anilines is 1. The minimum absolute atomic E-state index is 0.0775. The van der Waals surface area contributed by atoms with E-state index in [1.165, 1.54) is 4.90 Å². The third-order valence-electron chi connectivity index (χ3n) is 5.32. The van der Waals surface area contributed by atoms with Crippen molar-refractivity contribution < 1.29 is 23.9 Å². The van der Waals surface area contributed by atoms with Gasteiger partial charge in [0, 0.05) is 24.7 Å². The van der Waals surface area contributed by atoms with Gasteiger partial charge >= 0.3 is 0 Å². The van der Waals surface area contributed by atoms with Gasteiger partial charge in [0.05, 0.1) is 25.0 Å². The Morgan fingerprint density at radius 2 is 1.64 bits per heavy atom. The van der Waals surface area contributed by atoms with Crippen LogP contribution < -0.4 is 14.8 Å². The lowest BCUT2D eigenvalue weighted by Crippen LogP contribution is -2.34. The maximum Gasteiger partial charge on any atom is 0.233 e. The Hall–Kier alpha value is -2.57. The van der Waals surface area contributed by atoms with Crippen LogP contribution in [0.5, 0.6) is 11.5 Å². The first-order valence-electron chi connectivity index (χ1n) is 10.1. The van der Waals surface area contributed by atoms with Crippen LogP contribution in [0.25, 0.3) is 0 Å². The van der Waals surface area contributed by atoms with Gasteiger partial charge in [-0.1, -0.05) is 12.8 Å². The molecule has 1 aromatic carbocycles. The standard InChI is InChI=1S/C21H28N2O5/c1-3-27-17-10-9-14(13-18(17)28-4-2)22-19(24)11-12-23-20(25)15-7-5-6-8-16(15)21(23)26/h9-10,13,15-16H,3-8,11-12H2,1-2H3,(H,22,24). The third kappa shape index (κ3) is 4.29. The van der Waals surface area contributed by atoms with Crippen LogP contribution in [0.15, 0.2) is 18.2 Å². The van der Waals surface area contributed by atoms with Gasteiger partial charge < -0.3 is 14.8 Å². The summed E-state index contributed by atoms with van der Waals surface area (Å²) in [5.41, 5.74) is 0.588. The smallest absolute Gasteiger partial charge is 0.233 e. The Labute approximate surface area is 165 Å². The molecule has 1 aromatic rings. The van der Waals surface area contributed by atoms with Crippen LogP contribution in [0, 0.1) is 11.8 Å². The zero-order chi connectivity index (χ0) is 20.1. The normalized spacial score (nSPS) is 21.4. The molecular formula is C21H28N2O5. The van der Waals surface area contributed by atoms with E-state index in [-0.39, 0.29) is 42.5 Å². The largest absolute Gasteiger partial charge is 0.490 e. The van der Waals surface area contributed by atoms with Gasteiger partial charge in [0.1, 0.15) is 0 Å². The van der Waals surface area contributed by atoms with Crippen LogP contribution >= 0.6 is 0 Å². The van der Waals surface area contributed by atoms with Crippen molar-refractivity contribution in [2.75, 3.05) is 25.1 Å². The molecule has 2 unspecified atom stereocenters. The van der Waals surface area contributed by atoms with E-state index in [9.17, 15) is 14.4 Å². The van der Waals surface area contributed by atoms with Crippen molar-refractivity contribution in [2.45, 2.75) is 46.0 Å². The molecule has 28 heavy (non-hydrogen) atoms. The zero-order valence-corrected chi connectivity index (χ0v) is 16.5. The summed E-state index contributed by atoms with van der Waals surface area (Å²) in [6.45, 7) is 4.90. The monoisotopic (exact) mass is 388 g/mol. The van der Waals surface area contributed by atoms with Crippen molar-refractivity contribution in [3.05, 3.63) is 18.2 Å². The summed E-state index contributed by atoms with van der Waals surface area (Å²) in [5, 5.41) is 2.80. The Morgan fingerprint density at radius 3 is 2.25 bits per heavy atom. The van der Waals surface area contributed by atoms with Gasteiger partial charge in [-0.3, -0.25) is 19.3 Å². The molecule has 0 bridgehead atoms. The molecule has 2 atom stereocenters. The summed E-state index contributed by atoms with van der Waals surface area (Å²) in [4.78, 5) is 38.6. The van der Waals surface area contributed by atoms with Crippen molar-refractivity contribution >= 4 is 23.4 Å². The van der Waals surface area contributed by atoms with Crippen LogP contribution in [0.3, 0.4) is 0 Å². The van der Waals surface area contributed by atoms with E-state index in [4.69, 9.17) is 9.47 Å². The molecule has 152 valence electrons. The molecule has 3 rings (SSSR count). The molecule has 1 N–H and O–H groups in total. The number of benzene rings is 1. The number of imide groups is 1. The fraction of sp³-hybridized carbons (Fsp3) is 0.571. The number of nitrogens with zero attached hydrogens (tertiary/aromatic N) is 1. The first-order valence-corrected chi connectivity index (χ1v) is 10.1. The third-order valence-corrected chi connectivity index (χ3v) is 5.32. The molecule has 7 heteroatoms. The quantitative estimate of drug-likeness (QED) is 0.692. The van der Waals surface area contributed by atoms with E-state index in [0.717, 1.165) is 25.7 Å². The molecule has 2 aliphatic rings. The molecule has 7 nitrogen and oxygen atoms in total. The number of fused-ring (bicyclic) bond motifs is 1. The van der Waals surface area contributed by atoms with Gasteiger partial charge in [-0.05, 0) is 38.8 Å². The van der Waals surface area contributed by atoms with Crippen molar-refractivity contribution in [2.24, 2.45) is 11.8 Å². The van der Waals surface area contributed by atoms with Crippen LogP contribution in [-0.4, -0.2) is 42.4 Å². The van der Waals surface area contributed by atoms with E-state index in [0.29, 0.717) is 30.4 Å². The summed E-state index contributed by atoms with van der Waals surface area (Å²) in [5.74, 6) is 0.370. The highest BCUT2D eigenvalue weighted by Crippen LogP contribution is 2.38. The Kier molecular flexibility index (Phi) is 6.54. The maximum absolute atomic E-state index is 12.5. The average molecular weight is 388 g/mol. The van der Waals surface area contributed by atoms with Crippen LogP contribution in [0.1, 0.15) is 46.0 Å². The van der Waals surface area contributed by atoms with Gasteiger partial charge in [0.25, 0.3) is 0 Å². The molecule has 2 fully saturated rings. The van der Waals surface area contributed by atoms with E-state index in [2.05, 4.69) is 5.32 Å². The fourth-order valence-corrected chi connectivity index (χ4v) is 4.02. The van der Waals surface area contributed by atoms with Crippen LogP contribution in [-0.2, 0) is 14.4 Å². The minimum Gasteiger partial charge on any atom is -0.490 e. The van der Waals surface area contributed by atoms with Crippen LogP contribution in [0.2, 0.25) is 0 Å². The summed E-state index contributed by atoms with van der Waals surface area (Å²) in [6, 6.07) is 5.21. The number of rotatable bonds is 8.